The minimum absolute atomic E-state index is 0.360. The number of halogens is 1. The van der Waals surface area contributed by atoms with Gasteiger partial charge in [-0.2, -0.15) is 0 Å². The third-order valence-electron chi connectivity index (χ3n) is 2.46. The van der Waals surface area contributed by atoms with E-state index in [0.717, 1.165) is 28.3 Å². The van der Waals surface area contributed by atoms with Gasteiger partial charge in [0.05, 0.1) is 17.1 Å². The average Bonchev–Trinajstić information content (AvgIpc) is 2.74. The Hall–Kier alpha value is -1.22. The summed E-state index contributed by atoms with van der Waals surface area (Å²) in [5, 5.41) is 0. The number of aromatic nitrogens is 1. The lowest BCUT2D eigenvalue weighted by molar-refractivity contribution is 0.501. The highest BCUT2D eigenvalue weighted by atomic mass is 35.5. The summed E-state index contributed by atoms with van der Waals surface area (Å²) in [6.45, 7) is 5.82. The summed E-state index contributed by atoms with van der Waals surface area (Å²) in [7, 11) is 0. The van der Waals surface area contributed by atoms with Crippen molar-refractivity contribution in [1.82, 2.24) is 4.98 Å². The van der Waals surface area contributed by atoms with E-state index in [2.05, 4.69) is 4.98 Å². The van der Waals surface area contributed by atoms with Crippen molar-refractivity contribution in [3.63, 3.8) is 0 Å². The van der Waals surface area contributed by atoms with Crippen LogP contribution in [0.2, 0.25) is 0 Å². The van der Waals surface area contributed by atoms with Crippen molar-refractivity contribution in [1.29, 1.82) is 0 Å². The lowest BCUT2D eigenvalue weighted by Crippen LogP contribution is -1.83. The second-order valence-electron chi connectivity index (χ2n) is 3.49. The Morgan fingerprint density at radius 2 is 2.00 bits per heavy atom. The first-order valence-corrected chi connectivity index (χ1v) is 5.24. The molecule has 0 fully saturated rings. The van der Waals surface area contributed by atoms with Crippen molar-refractivity contribution in [2.24, 2.45) is 0 Å². The van der Waals surface area contributed by atoms with Crippen LogP contribution in [0, 0.1) is 20.8 Å². The van der Waals surface area contributed by atoms with Crippen molar-refractivity contribution in [3.05, 3.63) is 29.0 Å². The fourth-order valence-corrected chi connectivity index (χ4v) is 1.71. The molecular weight excluding hydrogens is 214 g/mol. The van der Waals surface area contributed by atoms with Crippen molar-refractivity contribution < 1.29 is 8.83 Å². The SMILES string of the molecule is Cc1oc(C)c(-c2nc(CCl)co2)c1C. The van der Waals surface area contributed by atoms with E-state index in [9.17, 15) is 0 Å². The van der Waals surface area contributed by atoms with Crippen LogP contribution in [0.1, 0.15) is 22.8 Å². The maximum atomic E-state index is 5.67. The molecule has 2 aromatic heterocycles. The highest BCUT2D eigenvalue weighted by molar-refractivity contribution is 6.16. The van der Waals surface area contributed by atoms with Crippen LogP contribution in [0.3, 0.4) is 0 Å². The summed E-state index contributed by atoms with van der Waals surface area (Å²) >= 11 is 5.67. The van der Waals surface area contributed by atoms with Gasteiger partial charge < -0.3 is 8.83 Å². The Bertz CT molecular complexity index is 485. The van der Waals surface area contributed by atoms with Crippen molar-refractivity contribution in [2.45, 2.75) is 26.7 Å². The number of hydrogen-bond acceptors (Lipinski definition) is 3. The van der Waals surface area contributed by atoms with E-state index in [1.165, 1.54) is 0 Å². The third kappa shape index (κ3) is 1.67. The van der Waals surface area contributed by atoms with E-state index in [1.54, 1.807) is 6.26 Å². The zero-order valence-corrected chi connectivity index (χ0v) is 9.68. The minimum atomic E-state index is 0.360. The lowest BCUT2D eigenvalue weighted by atomic mass is 10.1. The van der Waals surface area contributed by atoms with E-state index in [0.29, 0.717) is 11.8 Å². The van der Waals surface area contributed by atoms with Crippen LogP contribution >= 0.6 is 11.6 Å². The largest absolute Gasteiger partial charge is 0.466 e. The fraction of sp³-hybridized carbons (Fsp3) is 0.364. The van der Waals surface area contributed by atoms with E-state index >= 15 is 0 Å². The van der Waals surface area contributed by atoms with Gasteiger partial charge >= 0.3 is 0 Å². The Morgan fingerprint density at radius 1 is 1.27 bits per heavy atom. The van der Waals surface area contributed by atoms with Crippen molar-refractivity contribution in [3.8, 4) is 11.5 Å². The predicted octanol–water partition coefficient (Wildman–Crippen LogP) is 3.60. The maximum absolute atomic E-state index is 5.67. The summed E-state index contributed by atoms with van der Waals surface area (Å²) < 4.78 is 10.9. The van der Waals surface area contributed by atoms with Crippen LogP contribution in [0.25, 0.3) is 11.5 Å². The standard InChI is InChI=1S/C11H12ClNO2/c1-6-7(2)15-8(3)10(6)11-13-9(4-12)5-14-11/h5H,4H2,1-3H3. The molecule has 0 radical (unpaired) electrons. The Morgan fingerprint density at radius 3 is 2.47 bits per heavy atom. The Balaban J connectivity index is 2.53. The van der Waals surface area contributed by atoms with Gasteiger partial charge in [0.2, 0.25) is 5.89 Å². The summed E-state index contributed by atoms with van der Waals surface area (Å²) in [6.07, 6.45) is 1.57. The first kappa shape index (κ1) is 10.3. The lowest BCUT2D eigenvalue weighted by Gasteiger charge is -1.93. The van der Waals surface area contributed by atoms with E-state index in [1.807, 2.05) is 20.8 Å². The quantitative estimate of drug-likeness (QED) is 0.733. The second-order valence-corrected chi connectivity index (χ2v) is 3.76. The van der Waals surface area contributed by atoms with Gasteiger partial charge in [-0.15, -0.1) is 11.6 Å². The Kier molecular flexibility index (Phi) is 2.57. The first-order chi connectivity index (χ1) is 7.13. The molecular formula is C11H12ClNO2. The van der Waals surface area contributed by atoms with Gasteiger partial charge in [0.25, 0.3) is 0 Å². The molecule has 0 saturated carbocycles. The second kappa shape index (κ2) is 3.74. The Labute approximate surface area is 93.1 Å². The molecule has 0 aromatic carbocycles. The van der Waals surface area contributed by atoms with Crippen molar-refractivity contribution in [2.75, 3.05) is 0 Å². The van der Waals surface area contributed by atoms with E-state index in [-0.39, 0.29) is 0 Å². The molecule has 2 rings (SSSR count). The summed E-state index contributed by atoms with van der Waals surface area (Å²) in [5.74, 6) is 2.66. The number of furan rings is 1. The summed E-state index contributed by atoms with van der Waals surface area (Å²) in [6, 6.07) is 0. The molecule has 15 heavy (non-hydrogen) atoms. The van der Waals surface area contributed by atoms with Gasteiger partial charge in [-0.25, -0.2) is 4.98 Å². The number of hydrogen-bond donors (Lipinski definition) is 0. The number of oxazole rings is 1. The molecule has 0 N–H and O–H groups in total. The number of nitrogens with zero attached hydrogens (tertiary/aromatic N) is 1. The highest BCUT2D eigenvalue weighted by Crippen LogP contribution is 2.30. The van der Waals surface area contributed by atoms with Gasteiger partial charge in [0.15, 0.2) is 0 Å². The molecule has 2 aromatic rings. The molecule has 0 aliphatic rings. The molecule has 0 amide bonds. The monoisotopic (exact) mass is 225 g/mol. The topological polar surface area (TPSA) is 39.2 Å². The van der Waals surface area contributed by atoms with Gasteiger partial charge in [-0.05, 0) is 20.8 Å². The predicted molar refractivity (Wildman–Crippen MR) is 58.0 cm³/mol. The third-order valence-corrected chi connectivity index (χ3v) is 2.74. The maximum Gasteiger partial charge on any atom is 0.230 e. The molecule has 0 bridgehead atoms. The molecule has 2 heterocycles. The van der Waals surface area contributed by atoms with E-state index < -0.39 is 0 Å². The molecule has 3 nitrogen and oxygen atoms in total. The number of rotatable bonds is 2. The first-order valence-electron chi connectivity index (χ1n) is 4.70. The molecule has 0 atom stereocenters. The molecule has 0 saturated heterocycles. The number of alkyl halides is 1. The van der Waals surface area contributed by atoms with Crippen LogP contribution in [0.5, 0.6) is 0 Å². The molecule has 0 aliphatic heterocycles. The van der Waals surface area contributed by atoms with Gasteiger partial charge in [0.1, 0.15) is 17.8 Å². The van der Waals surface area contributed by atoms with Crippen LogP contribution in [0.15, 0.2) is 15.1 Å². The van der Waals surface area contributed by atoms with Crippen LogP contribution < -0.4 is 0 Å². The summed E-state index contributed by atoms with van der Waals surface area (Å²) in [5.41, 5.74) is 2.74. The zero-order chi connectivity index (χ0) is 11.0. The normalized spacial score (nSPS) is 10.9. The molecule has 0 spiro atoms. The molecule has 0 unspecified atom stereocenters. The molecule has 80 valence electrons. The highest BCUT2D eigenvalue weighted by Gasteiger charge is 2.17. The zero-order valence-electron chi connectivity index (χ0n) is 8.93. The van der Waals surface area contributed by atoms with Gasteiger partial charge in [-0.3, -0.25) is 0 Å². The van der Waals surface area contributed by atoms with Gasteiger partial charge in [0, 0.05) is 5.56 Å². The fourth-order valence-electron chi connectivity index (χ4n) is 1.59. The van der Waals surface area contributed by atoms with E-state index in [4.69, 9.17) is 20.4 Å². The average molecular weight is 226 g/mol. The number of aryl methyl sites for hydroxylation is 2. The van der Waals surface area contributed by atoms with Crippen molar-refractivity contribution >= 4 is 11.6 Å². The smallest absolute Gasteiger partial charge is 0.230 e. The minimum Gasteiger partial charge on any atom is -0.466 e. The van der Waals surface area contributed by atoms with Crippen LogP contribution in [0.4, 0.5) is 0 Å². The van der Waals surface area contributed by atoms with Gasteiger partial charge in [-0.1, -0.05) is 0 Å². The van der Waals surface area contributed by atoms with Crippen LogP contribution in [-0.2, 0) is 5.88 Å². The molecule has 0 aliphatic carbocycles. The molecule has 4 heteroatoms. The summed E-state index contributed by atoms with van der Waals surface area (Å²) in [4.78, 5) is 4.28. The van der Waals surface area contributed by atoms with Crippen LogP contribution in [-0.4, -0.2) is 4.98 Å².